The first-order valence-electron chi connectivity index (χ1n) is 10.5. The smallest absolute Gasteiger partial charge is 0.491 e. The molecule has 0 bridgehead atoms. The van der Waals surface area contributed by atoms with E-state index < -0.39 is 11.8 Å². The fourth-order valence-corrected chi connectivity index (χ4v) is 4.66. The quantitative estimate of drug-likeness (QED) is 0.536. The maximum atomic E-state index is 12.5. The zero-order valence-electron chi connectivity index (χ0n) is 17.3. The lowest BCUT2D eigenvalue weighted by atomic mass is 9.78. The van der Waals surface area contributed by atoms with Gasteiger partial charge in [0.05, 0.1) is 11.1 Å². The normalized spacial score (nSPS) is 22.1. The third kappa shape index (κ3) is 3.46. The number of rotatable bonds is 3. The van der Waals surface area contributed by atoms with E-state index in [1.807, 2.05) is 36.5 Å². The fourth-order valence-electron chi connectivity index (χ4n) is 4.66. The number of halogens is 3. The second-order valence-electron chi connectivity index (χ2n) is 8.28. The molecule has 0 saturated carbocycles. The molecule has 0 aromatic heterocycles. The topological polar surface area (TPSA) is 49.3 Å². The molecule has 6 rings (SSSR count). The summed E-state index contributed by atoms with van der Waals surface area (Å²) in [7, 11) is 0. The summed E-state index contributed by atoms with van der Waals surface area (Å²) in [4.78, 5) is 4.58. The van der Waals surface area contributed by atoms with Crippen molar-refractivity contribution in [1.29, 1.82) is 0 Å². The van der Waals surface area contributed by atoms with Gasteiger partial charge in [-0.1, -0.05) is 30.3 Å². The molecular weight excluding hydrogens is 435 g/mol. The number of nitrogens with zero attached hydrogens (tertiary/aromatic N) is 1. The molecule has 168 valence electrons. The Balaban J connectivity index is 1.26. The van der Waals surface area contributed by atoms with Crippen LogP contribution in [0.4, 0.5) is 18.9 Å². The number of para-hydroxylation sites is 1. The molecule has 1 spiro atoms. The van der Waals surface area contributed by atoms with Crippen LogP contribution in [0.5, 0.6) is 23.0 Å². The van der Waals surface area contributed by atoms with Crippen molar-refractivity contribution < 1.29 is 32.1 Å². The second kappa shape index (κ2) is 7.16. The number of aliphatic imine (C=N–C) groups is 1. The number of hydrogen-bond acceptors (Lipinski definition) is 5. The molecule has 2 atom stereocenters. The van der Waals surface area contributed by atoms with Gasteiger partial charge >= 0.3 is 6.36 Å². The highest BCUT2D eigenvalue weighted by molar-refractivity contribution is 5.91. The van der Waals surface area contributed by atoms with E-state index in [2.05, 4.69) is 15.8 Å². The van der Waals surface area contributed by atoms with Gasteiger partial charge in [0.15, 0.2) is 11.5 Å². The second-order valence-corrected chi connectivity index (χ2v) is 8.28. The molecule has 0 fully saturated rings. The molecule has 33 heavy (non-hydrogen) atoms. The van der Waals surface area contributed by atoms with Crippen molar-refractivity contribution in [3.63, 3.8) is 0 Å². The SMILES string of the molecule is FC(F)(F)Oc1cccc(C[C@@H]2COc3cc4c(cc3O2)C2(C=Nc3ccccc32)CO4)c1. The molecule has 0 radical (unpaired) electrons. The molecule has 0 N–H and O–H groups in total. The summed E-state index contributed by atoms with van der Waals surface area (Å²) in [6.07, 6.45) is -2.80. The van der Waals surface area contributed by atoms with Gasteiger partial charge in [0.2, 0.25) is 0 Å². The summed E-state index contributed by atoms with van der Waals surface area (Å²) >= 11 is 0. The van der Waals surface area contributed by atoms with E-state index in [9.17, 15) is 13.2 Å². The van der Waals surface area contributed by atoms with Crippen molar-refractivity contribution in [3.05, 3.63) is 77.4 Å². The van der Waals surface area contributed by atoms with Crippen LogP contribution in [-0.2, 0) is 11.8 Å². The average molecular weight is 453 g/mol. The summed E-state index contributed by atoms with van der Waals surface area (Å²) in [6, 6.07) is 17.6. The maximum absolute atomic E-state index is 12.5. The first-order chi connectivity index (χ1) is 15.9. The van der Waals surface area contributed by atoms with Crippen LogP contribution < -0.4 is 18.9 Å². The van der Waals surface area contributed by atoms with Crippen molar-refractivity contribution >= 4 is 11.9 Å². The molecule has 3 aromatic carbocycles. The third-order valence-corrected chi connectivity index (χ3v) is 6.10. The summed E-state index contributed by atoms with van der Waals surface area (Å²) in [5.41, 5.74) is 3.15. The minimum absolute atomic E-state index is 0.256. The van der Waals surface area contributed by atoms with E-state index in [1.165, 1.54) is 18.2 Å². The predicted octanol–water partition coefficient (Wildman–Crippen LogP) is 5.36. The lowest BCUT2D eigenvalue weighted by Gasteiger charge is -2.28. The van der Waals surface area contributed by atoms with Crippen molar-refractivity contribution in [2.45, 2.75) is 24.3 Å². The summed E-state index contributed by atoms with van der Waals surface area (Å²) in [5, 5.41) is 0. The molecule has 1 unspecified atom stereocenters. The zero-order chi connectivity index (χ0) is 22.6. The third-order valence-electron chi connectivity index (χ3n) is 6.10. The van der Waals surface area contributed by atoms with Gasteiger partial charge < -0.3 is 18.9 Å². The van der Waals surface area contributed by atoms with Gasteiger partial charge in [-0.25, -0.2) is 0 Å². The first-order valence-corrected chi connectivity index (χ1v) is 10.5. The van der Waals surface area contributed by atoms with Crippen LogP contribution in [0.15, 0.2) is 65.7 Å². The number of alkyl halides is 3. The number of benzene rings is 3. The molecule has 0 amide bonds. The van der Waals surface area contributed by atoms with Gasteiger partial charge in [-0.3, -0.25) is 4.99 Å². The average Bonchev–Trinajstić information content (AvgIpc) is 3.33. The van der Waals surface area contributed by atoms with Gasteiger partial charge in [-0.05, 0) is 35.4 Å². The van der Waals surface area contributed by atoms with Gasteiger partial charge in [0, 0.05) is 24.3 Å². The lowest BCUT2D eigenvalue weighted by Crippen LogP contribution is -2.32. The molecular formula is C25H18F3NO4. The highest BCUT2D eigenvalue weighted by Crippen LogP contribution is 2.52. The highest BCUT2D eigenvalue weighted by atomic mass is 19.4. The van der Waals surface area contributed by atoms with Crippen LogP contribution >= 0.6 is 0 Å². The highest BCUT2D eigenvalue weighted by Gasteiger charge is 2.46. The Morgan fingerprint density at radius 2 is 1.82 bits per heavy atom. The van der Waals surface area contributed by atoms with Crippen LogP contribution in [0.2, 0.25) is 0 Å². The Morgan fingerprint density at radius 1 is 0.939 bits per heavy atom. The number of ether oxygens (including phenoxy) is 4. The summed E-state index contributed by atoms with van der Waals surface area (Å²) < 4.78 is 59.8. The Hall–Kier alpha value is -3.68. The Labute approximate surface area is 187 Å². The van der Waals surface area contributed by atoms with E-state index in [4.69, 9.17) is 14.2 Å². The van der Waals surface area contributed by atoms with Crippen LogP contribution in [0.25, 0.3) is 0 Å². The van der Waals surface area contributed by atoms with Crippen molar-refractivity contribution in [2.24, 2.45) is 4.99 Å². The van der Waals surface area contributed by atoms with Crippen molar-refractivity contribution in [3.8, 4) is 23.0 Å². The first kappa shape index (κ1) is 20.0. The van der Waals surface area contributed by atoms with Crippen LogP contribution in [0.1, 0.15) is 16.7 Å². The molecule has 5 nitrogen and oxygen atoms in total. The molecule has 0 aliphatic carbocycles. The van der Waals surface area contributed by atoms with Gasteiger partial charge in [0.1, 0.15) is 30.8 Å². The van der Waals surface area contributed by atoms with Gasteiger partial charge in [-0.2, -0.15) is 0 Å². The molecule has 8 heteroatoms. The van der Waals surface area contributed by atoms with Crippen LogP contribution in [-0.4, -0.2) is 31.9 Å². The fraction of sp³-hybridized carbons (Fsp3) is 0.240. The largest absolute Gasteiger partial charge is 0.573 e. The molecule has 0 saturated heterocycles. The maximum Gasteiger partial charge on any atom is 0.573 e. The van der Waals surface area contributed by atoms with E-state index >= 15 is 0 Å². The summed E-state index contributed by atoms with van der Waals surface area (Å²) in [5.74, 6) is 1.64. The Kier molecular flexibility index (Phi) is 4.33. The minimum atomic E-state index is -4.73. The van der Waals surface area contributed by atoms with Crippen LogP contribution in [0.3, 0.4) is 0 Å². The lowest BCUT2D eigenvalue weighted by molar-refractivity contribution is -0.274. The van der Waals surface area contributed by atoms with E-state index in [1.54, 1.807) is 6.07 Å². The van der Waals surface area contributed by atoms with Gasteiger partial charge in [-0.15, -0.1) is 13.2 Å². The van der Waals surface area contributed by atoms with E-state index in [0.29, 0.717) is 30.1 Å². The predicted molar refractivity (Wildman–Crippen MR) is 114 cm³/mol. The molecule has 3 aliphatic rings. The zero-order valence-corrected chi connectivity index (χ0v) is 17.3. The number of hydrogen-bond donors (Lipinski definition) is 0. The monoisotopic (exact) mass is 453 g/mol. The van der Waals surface area contributed by atoms with Crippen molar-refractivity contribution in [1.82, 2.24) is 0 Å². The molecule has 3 aromatic rings. The Morgan fingerprint density at radius 3 is 2.70 bits per heavy atom. The Bertz CT molecular complexity index is 1270. The molecule has 3 aliphatic heterocycles. The van der Waals surface area contributed by atoms with Crippen LogP contribution in [0, 0.1) is 0 Å². The minimum Gasteiger partial charge on any atom is -0.491 e. The van der Waals surface area contributed by atoms with E-state index in [0.717, 1.165) is 22.6 Å². The van der Waals surface area contributed by atoms with Gasteiger partial charge in [0.25, 0.3) is 0 Å². The van der Waals surface area contributed by atoms with Crippen molar-refractivity contribution in [2.75, 3.05) is 13.2 Å². The number of fused-ring (bicyclic) bond motifs is 5. The van der Waals surface area contributed by atoms with E-state index in [-0.39, 0.29) is 18.5 Å². The summed E-state index contributed by atoms with van der Waals surface area (Å²) in [6.45, 7) is 0.715. The molecule has 3 heterocycles. The standard InChI is InChI=1S/C25H18F3NO4/c26-25(27,28)33-16-5-3-4-15(8-16)9-17-12-30-22-11-21-19(10-23(22)32-17)24(14-31-21)13-29-20-7-2-1-6-18(20)24/h1-8,10-11,13,17H,9,12,14H2/t17-,24?/m1/s1.